The van der Waals surface area contributed by atoms with Crippen LogP contribution < -0.4 is 0 Å². The number of piperidine rings is 1. The molecule has 0 spiro atoms. The Balaban J connectivity index is 1.30. The second-order valence-electron chi connectivity index (χ2n) is 8.20. The Bertz CT molecular complexity index is 1020. The predicted molar refractivity (Wildman–Crippen MR) is 123 cm³/mol. The molecule has 154 valence electrons. The Kier molecular flexibility index (Phi) is 5.78. The summed E-state index contributed by atoms with van der Waals surface area (Å²) in [4.78, 5) is 7.37. The lowest BCUT2D eigenvalue weighted by Gasteiger charge is -2.43. The van der Waals surface area contributed by atoms with Gasteiger partial charge >= 0.3 is 0 Å². The van der Waals surface area contributed by atoms with Crippen LogP contribution in [0.25, 0.3) is 10.2 Å². The molecule has 1 aliphatic carbocycles. The molecular weight excluding hydrogens is 418 g/mol. The van der Waals surface area contributed by atoms with Gasteiger partial charge in [-0.15, -0.1) is 11.3 Å². The van der Waals surface area contributed by atoms with Gasteiger partial charge in [-0.2, -0.15) is 5.10 Å². The molecule has 3 aromatic rings. The first-order valence-electron chi connectivity index (χ1n) is 10.5. The molecular formula is C21H27N5S3. The zero-order valence-electron chi connectivity index (χ0n) is 16.8. The molecule has 5 nitrogen and oxygen atoms in total. The van der Waals surface area contributed by atoms with Crippen LogP contribution >= 0.6 is 35.3 Å². The summed E-state index contributed by atoms with van der Waals surface area (Å²) >= 11 is 9.23. The van der Waals surface area contributed by atoms with Crippen LogP contribution in [0.3, 0.4) is 0 Å². The molecule has 1 saturated carbocycles. The number of likely N-dealkylation sites (tertiary alicyclic amines) is 1. The number of nitrogens with zero attached hydrogens (tertiary/aromatic N) is 5. The van der Waals surface area contributed by atoms with E-state index in [9.17, 15) is 0 Å². The Hall–Kier alpha value is -1.22. The SMILES string of the molecule is Cn1c(CSc2nc3ccccc3s2)nn(CN2CCC[C@@H]3CCCC[C@@H]32)c1=S. The molecule has 0 bridgehead atoms. The van der Waals surface area contributed by atoms with Gasteiger partial charge in [0.05, 0.1) is 22.6 Å². The number of fused-ring (bicyclic) bond motifs is 2. The molecule has 0 unspecified atom stereocenters. The van der Waals surface area contributed by atoms with Crippen molar-refractivity contribution < 1.29 is 0 Å². The maximum atomic E-state index is 5.73. The normalized spacial score (nSPS) is 22.8. The predicted octanol–water partition coefficient (Wildman–Crippen LogP) is 5.47. The van der Waals surface area contributed by atoms with Gasteiger partial charge in [0.1, 0.15) is 5.82 Å². The second-order valence-corrected chi connectivity index (χ2v) is 10.8. The molecule has 2 fully saturated rings. The number of hydrogen-bond acceptors (Lipinski definition) is 6. The Labute approximate surface area is 185 Å². The van der Waals surface area contributed by atoms with E-state index in [1.807, 2.05) is 17.8 Å². The van der Waals surface area contributed by atoms with E-state index in [2.05, 4.69) is 27.7 Å². The lowest BCUT2D eigenvalue weighted by Crippen LogP contribution is -2.47. The lowest BCUT2D eigenvalue weighted by atomic mass is 9.78. The summed E-state index contributed by atoms with van der Waals surface area (Å²) in [7, 11) is 2.04. The Morgan fingerprint density at radius 2 is 2.00 bits per heavy atom. The largest absolute Gasteiger partial charge is 0.306 e. The zero-order valence-corrected chi connectivity index (χ0v) is 19.2. The highest BCUT2D eigenvalue weighted by Crippen LogP contribution is 2.35. The number of thioether (sulfide) groups is 1. The fourth-order valence-corrected chi connectivity index (χ4v) is 7.11. The molecule has 8 heteroatoms. The molecule has 2 atom stereocenters. The smallest absolute Gasteiger partial charge is 0.198 e. The van der Waals surface area contributed by atoms with Crippen molar-refractivity contribution in [3.05, 3.63) is 34.9 Å². The number of aromatic nitrogens is 4. The van der Waals surface area contributed by atoms with Gasteiger partial charge < -0.3 is 4.57 Å². The number of para-hydroxylation sites is 1. The van der Waals surface area contributed by atoms with Crippen LogP contribution in [0.2, 0.25) is 0 Å². The first-order valence-corrected chi connectivity index (χ1v) is 12.8. The van der Waals surface area contributed by atoms with E-state index in [4.69, 9.17) is 22.3 Å². The van der Waals surface area contributed by atoms with Gasteiger partial charge in [-0.3, -0.25) is 4.90 Å². The molecule has 0 amide bonds. The molecule has 1 aliphatic heterocycles. The van der Waals surface area contributed by atoms with Gasteiger partial charge in [-0.25, -0.2) is 9.67 Å². The van der Waals surface area contributed by atoms with Gasteiger partial charge in [0, 0.05) is 19.6 Å². The summed E-state index contributed by atoms with van der Waals surface area (Å²) in [5.74, 6) is 2.69. The summed E-state index contributed by atoms with van der Waals surface area (Å²) in [5, 5.41) is 4.90. The molecule has 1 saturated heterocycles. The van der Waals surface area contributed by atoms with Crippen molar-refractivity contribution in [2.24, 2.45) is 13.0 Å². The first kappa shape index (κ1) is 19.7. The highest BCUT2D eigenvalue weighted by Gasteiger charge is 2.33. The minimum atomic E-state index is 0.724. The topological polar surface area (TPSA) is 38.9 Å². The maximum absolute atomic E-state index is 5.73. The van der Waals surface area contributed by atoms with Gasteiger partial charge in [0.15, 0.2) is 9.11 Å². The van der Waals surface area contributed by atoms with Crippen molar-refractivity contribution in [2.45, 2.75) is 61.3 Å². The molecule has 2 aliphatic rings. The van der Waals surface area contributed by atoms with Crippen LogP contribution in [0, 0.1) is 10.7 Å². The van der Waals surface area contributed by atoms with Crippen LogP contribution in [0.4, 0.5) is 0 Å². The summed E-state index contributed by atoms with van der Waals surface area (Å²) in [5.41, 5.74) is 1.07. The van der Waals surface area contributed by atoms with E-state index in [0.29, 0.717) is 0 Å². The summed E-state index contributed by atoms with van der Waals surface area (Å²) < 4.78 is 7.26. The molecule has 1 aromatic carbocycles. The third-order valence-electron chi connectivity index (χ3n) is 6.40. The van der Waals surface area contributed by atoms with Crippen molar-refractivity contribution in [3.63, 3.8) is 0 Å². The molecule has 2 aromatic heterocycles. The van der Waals surface area contributed by atoms with Gasteiger partial charge in [-0.1, -0.05) is 36.7 Å². The molecule has 29 heavy (non-hydrogen) atoms. The van der Waals surface area contributed by atoms with E-state index >= 15 is 0 Å². The molecule has 5 rings (SSSR count). The summed E-state index contributed by atoms with van der Waals surface area (Å²) in [6.07, 6.45) is 8.23. The van der Waals surface area contributed by atoms with E-state index in [0.717, 1.165) is 44.8 Å². The molecule has 0 N–H and O–H groups in total. The van der Waals surface area contributed by atoms with Crippen LogP contribution in [0.15, 0.2) is 28.6 Å². The van der Waals surface area contributed by atoms with Crippen molar-refractivity contribution in [3.8, 4) is 0 Å². The standard InChI is InChI=1S/C21H27N5S3/c1-24-19(13-28-20-22-16-9-3-5-11-18(16)29-20)23-26(21(24)27)14-25-12-6-8-15-7-2-4-10-17(15)25/h3,5,9,11,15,17H,2,4,6-8,10,12-14H2,1H3/t15-,17-/m0/s1. The Morgan fingerprint density at radius 1 is 1.17 bits per heavy atom. The number of benzene rings is 1. The summed E-state index contributed by atoms with van der Waals surface area (Å²) in [6, 6.07) is 9.03. The Morgan fingerprint density at radius 3 is 2.90 bits per heavy atom. The van der Waals surface area contributed by atoms with E-state index in [1.54, 1.807) is 23.1 Å². The number of thiazole rings is 1. The van der Waals surface area contributed by atoms with Crippen molar-refractivity contribution in [2.75, 3.05) is 6.54 Å². The second kappa shape index (κ2) is 8.49. The zero-order chi connectivity index (χ0) is 19.8. The quantitative estimate of drug-likeness (QED) is 0.385. The monoisotopic (exact) mass is 445 g/mol. The van der Waals surface area contributed by atoms with Gasteiger partial charge in [0.25, 0.3) is 0 Å². The fourth-order valence-electron chi connectivity index (χ4n) is 4.87. The van der Waals surface area contributed by atoms with E-state index in [1.165, 1.54) is 49.8 Å². The third kappa shape index (κ3) is 4.04. The van der Waals surface area contributed by atoms with Crippen molar-refractivity contribution >= 4 is 45.5 Å². The average molecular weight is 446 g/mol. The highest BCUT2D eigenvalue weighted by molar-refractivity contribution is 8.00. The van der Waals surface area contributed by atoms with Crippen LogP contribution in [0.5, 0.6) is 0 Å². The fraction of sp³-hybridized carbons (Fsp3) is 0.571. The van der Waals surface area contributed by atoms with Gasteiger partial charge in [0.2, 0.25) is 0 Å². The van der Waals surface area contributed by atoms with E-state index in [-0.39, 0.29) is 0 Å². The van der Waals surface area contributed by atoms with Crippen molar-refractivity contribution in [1.82, 2.24) is 24.2 Å². The highest BCUT2D eigenvalue weighted by atomic mass is 32.2. The number of rotatable bonds is 5. The molecule has 3 heterocycles. The summed E-state index contributed by atoms with van der Waals surface area (Å²) in [6.45, 7) is 2.01. The minimum Gasteiger partial charge on any atom is -0.306 e. The minimum absolute atomic E-state index is 0.724. The van der Waals surface area contributed by atoms with E-state index < -0.39 is 0 Å². The lowest BCUT2D eigenvalue weighted by molar-refractivity contribution is 0.0322. The first-order chi connectivity index (χ1) is 14.2. The molecule has 0 radical (unpaired) electrons. The van der Waals surface area contributed by atoms with Crippen LogP contribution in [-0.4, -0.2) is 36.8 Å². The maximum Gasteiger partial charge on any atom is 0.198 e. The third-order valence-corrected chi connectivity index (χ3v) is 9.06. The van der Waals surface area contributed by atoms with Crippen LogP contribution in [-0.2, 0) is 19.5 Å². The van der Waals surface area contributed by atoms with Crippen molar-refractivity contribution in [1.29, 1.82) is 0 Å². The average Bonchev–Trinajstić information content (AvgIpc) is 3.28. The number of hydrogen-bond donors (Lipinski definition) is 0. The van der Waals surface area contributed by atoms with Crippen LogP contribution in [0.1, 0.15) is 44.3 Å². The van der Waals surface area contributed by atoms with Gasteiger partial charge in [-0.05, 0) is 56.0 Å².